The first kappa shape index (κ1) is 10.2. The largest absolute Gasteiger partial charge is 0.317 e. The van der Waals surface area contributed by atoms with Crippen molar-refractivity contribution in [2.24, 2.45) is 0 Å². The highest BCUT2D eigenvalue weighted by Crippen LogP contribution is 2.16. The van der Waals surface area contributed by atoms with Crippen LogP contribution in [0.15, 0.2) is 42.5 Å². The lowest BCUT2D eigenvalue weighted by Crippen LogP contribution is -2.23. The Labute approximate surface area is 92.6 Å². The monoisotopic (exact) mass is 201 g/mol. The Balaban J connectivity index is 0.00000128. The second-order valence-electron chi connectivity index (χ2n) is 4.08. The Morgan fingerprint density at radius 3 is 2.60 bits per heavy atom. The Kier molecular flexibility index (Phi) is 3.02. The molecule has 0 spiro atoms. The minimum Gasteiger partial charge on any atom is -0.317 e. The van der Waals surface area contributed by atoms with E-state index in [0.29, 0.717) is 6.04 Å². The van der Waals surface area contributed by atoms with E-state index >= 15 is 0 Å². The van der Waals surface area contributed by atoms with Gasteiger partial charge < -0.3 is 5.32 Å². The first-order chi connectivity index (χ1) is 7.29. The van der Waals surface area contributed by atoms with Gasteiger partial charge in [0.25, 0.3) is 0 Å². The van der Waals surface area contributed by atoms with Crippen LogP contribution in [0.1, 0.15) is 13.9 Å². The van der Waals surface area contributed by atoms with Crippen LogP contribution < -0.4 is 5.32 Å². The summed E-state index contributed by atoms with van der Waals surface area (Å²) in [6.45, 7) is 2.20. The van der Waals surface area contributed by atoms with Crippen molar-refractivity contribution < 1.29 is 1.43 Å². The van der Waals surface area contributed by atoms with Gasteiger partial charge in [-0.1, -0.05) is 42.5 Å². The van der Waals surface area contributed by atoms with Gasteiger partial charge in [-0.2, -0.15) is 0 Å². The van der Waals surface area contributed by atoms with Crippen LogP contribution in [-0.2, 0) is 6.42 Å². The van der Waals surface area contributed by atoms with E-state index in [1.807, 2.05) is 7.05 Å². The molecule has 0 saturated carbocycles. The zero-order valence-corrected chi connectivity index (χ0v) is 9.33. The SMILES string of the molecule is CN[C@H](C)Cc1ccc2ccccc2c1.[HH]. The highest BCUT2D eigenvalue weighted by Gasteiger charge is 2.01. The molecule has 80 valence electrons. The summed E-state index contributed by atoms with van der Waals surface area (Å²) >= 11 is 0. The summed E-state index contributed by atoms with van der Waals surface area (Å²) in [7, 11) is 2.01. The van der Waals surface area contributed by atoms with E-state index in [9.17, 15) is 0 Å². The van der Waals surface area contributed by atoms with Crippen LogP contribution >= 0.6 is 0 Å². The third-order valence-corrected chi connectivity index (χ3v) is 2.85. The van der Waals surface area contributed by atoms with Crippen LogP contribution in [0.3, 0.4) is 0 Å². The average Bonchev–Trinajstić information content (AvgIpc) is 2.29. The molecular weight excluding hydrogens is 182 g/mol. The van der Waals surface area contributed by atoms with Crippen molar-refractivity contribution in [1.29, 1.82) is 0 Å². The van der Waals surface area contributed by atoms with Crippen LogP contribution in [0.5, 0.6) is 0 Å². The maximum Gasteiger partial charge on any atom is 0.00761 e. The van der Waals surface area contributed by atoms with Crippen LogP contribution in [0.25, 0.3) is 10.8 Å². The van der Waals surface area contributed by atoms with Gasteiger partial charge in [0.1, 0.15) is 0 Å². The fraction of sp³-hybridized carbons (Fsp3) is 0.286. The van der Waals surface area contributed by atoms with Gasteiger partial charge in [0.15, 0.2) is 0 Å². The van der Waals surface area contributed by atoms with Gasteiger partial charge in [0.2, 0.25) is 0 Å². The number of benzene rings is 2. The molecule has 1 nitrogen and oxygen atoms in total. The molecule has 2 aromatic carbocycles. The quantitative estimate of drug-likeness (QED) is 0.804. The zero-order chi connectivity index (χ0) is 10.7. The number of fused-ring (bicyclic) bond motifs is 1. The summed E-state index contributed by atoms with van der Waals surface area (Å²) in [6.07, 6.45) is 1.08. The molecule has 1 N–H and O–H groups in total. The van der Waals surface area contributed by atoms with Crippen LogP contribution in [-0.4, -0.2) is 13.1 Å². The summed E-state index contributed by atoms with van der Waals surface area (Å²) < 4.78 is 0. The summed E-state index contributed by atoms with van der Waals surface area (Å²) in [5.74, 6) is 0. The maximum atomic E-state index is 3.26. The van der Waals surface area contributed by atoms with Gasteiger partial charge in [-0.25, -0.2) is 0 Å². The van der Waals surface area contributed by atoms with E-state index < -0.39 is 0 Å². The summed E-state index contributed by atoms with van der Waals surface area (Å²) in [5.41, 5.74) is 1.40. The van der Waals surface area contributed by atoms with Crippen LogP contribution in [0, 0.1) is 0 Å². The third kappa shape index (κ3) is 2.37. The predicted molar refractivity (Wildman–Crippen MR) is 68.3 cm³/mol. The van der Waals surface area contributed by atoms with Crippen molar-refractivity contribution in [2.45, 2.75) is 19.4 Å². The number of likely N-dealkylation sites (N-methyl/N-ethyl adjacent to an activating group) is 1. The predicted octanol–water partition coefficient (Wildman–Crippen LogP) is 3.24. The minimum atomic E-state index is 0. The van der Waals surface area contributed by atoms with Crippen molar-refractivity contribution in [3.8, 4) is 0 Å². The molecule has 1 atom stereocenters. The second-order valence-corrected chi connectivity index (χ2v) is 4.08. The van der Waals surface area contributed by atoms with E-state index in [4.69, 9.17) is 0 Å². The summed E-state index contributed by atoms with van der Waals surface area (Å²) in [6, 6.07) is 15.7. The van der Waals surface area contributed by atoms with Gasteiger partial charge in [-0.3, -0.25) is 0 Å². The molecule has 0 radical (unpaired) electrons. The van der Waals surface area contributed by atoms with E-state index in [2.05, 4.69) is 54.7 Å². The molecule has 0 amide bonds. The van der Waals surface area contributed by atoms with Crippen molar-refractivity contribution in [2.75, 3.05) is 7.05 Å². The fourth-order valence-electron chi connectivity index (χ4n) is 1.82. The Bertz CT molecular complexity index is 453. The first-order valence-corrected chi connectivity index (χ1v) is 5.44. The number of hydrogen-bond donors (Lipinski definition) is 1. The molecule has 0 saturated heterocycles. The molecule has 0 aliphatic heterocycles. The standard InChI is InChI=1S/C14H17N.H2/c1-11(15-2)9-12-7-8-13-5-3-4-6-14(13)10-12;/h3-8,10-11,15H,9H2,1-2H3;1H/t11-;/m1./s1. The van der Waals surface area contributed by atoms with E-state index in [-0.39, 0.29) is 1.43 Å². The van der Waals surface area contributed by atoms with Crippen LogP contribution in [0.4, 0.5) is 0 Å². The van der Waals surface area contributed by atoms with Crippen molar-refractivity contribution in [1.82, 2.24) is 5.32 Å². The lowest BCUT2D eigenvalue weighted by Gasteiger charge is -2.10. The molecule has 2 rings (SSSR count). The van der Waals surface area contributed by atoms with Crippen molar-refractivity contribution >= 4 is 10.8 Å². The maximum absolute atomic E-state index is 3.26. The average molecular weight is 201 g/mol. The molecule has 0 fully saturated rings. The lowest BCUT2D eigenvalue weighted by atomic mass is 10.0. The van der Waals surface area contributed by atoms with Gasteiger partial charge in [0, 0.05) is 7.47 Å². The third-order valence-electron chi connectivity index (χ3n) is 2.85. The molecule has 0 aliphatic rings. The highest BCUT2D eigenvalue weighted by molar-refractivity contribution is 5.82. The van der Waals surface area contributed by atoms with E-state index in [1.165, 1.54) is 16.3 Å². The van der Waals surface area contributed by atoms with Gasteiger partial charge in [-0.05, 0) is 36.7 Å². The van der Waals surface area contributed by atoms with Crippen molar-refractivity contribution in [3.05, 3.63) is 48.0 Å². The number of rotatable bonds is 3. The van der Waals surface area contributed by atoms with E-state index in [0.717, 1.165) is 6.42 Å². The zero-order valence-electron chi connectivity index (χ0n) is 9.33. The summed E-state index contributed by atoms with van der Waals surface area (Å²) in [4.78, 5) is 0. The highest BCUT2D eigenvalue weighted by atomic mass is 14.8. The van der Waals surface area contributed by atoms with E-state index in [1.54, 1.807) is 0 Å². The topological polar surface area (TPSA) is 12.0 Å². The molecule has 0 bridgehead atoms. The molecule has 0 unspecified atom stereocenters. The minimum absolute atomic E-state index is 0. The van der Waals surface area contributed by atoms with Crippen LogP contribution in [0.2, 0.25) is 0 Å². The number of hydrogen-bond acceptors (Lipinski definition) is 1. The van der Waals surface area contributed by atoms with Gasteiger partial charge in [0.05, 0.1) is 0 Å². The number of nitrogens with one attached hydrogen (secondary N) is 1. The normalized spacial score (nSPS) is 12.9. The Morgan fingerprint density at radius 1 is 1.13 bits per heavy atom. The molecule has 2 aromatic rings. The van der Waals surface area contributed by atoms with Gasteiger partial charge in [-0.15, -0.1) is 0 Å². The lowest BCUT2D eigenvalue weighted by molar-refractivity contribution is 0.609. The molecule has 0 aliphatic carbocycles. The van der Waals surface area contributed by atoms with Gasteiger partial charge >= 0.3 is 0 Å². The second kappa shape index (κ2) is 4.45. The molecule has 15 heavy (non-hydrogen) atoms. The Hall–Kier alpha value is -1.34. The first-order valence-electron chi connectivity index (χ1n) is 5.44. The molecule has 1 heteroatoms. The molecular formula is C14H19N. The fourth-order valence-corrected chi connectivity index (χ4v) is 1.82. The molecule has 0 heterocycles. The van der Waals surface area contributed by atoms with Crippen molar-refractivity contribution in [3.63, 3.8) is 0 Å². The smallest absolute Gasteiger partial charge is 0.00761 e. The molecule has 0 aromatic heterocycles. The summed E-state index contributed by atoms with van der Waals surface area (Å²) in [5, 5.41) is 5.91. The Morgan fingerprint density at radius 2 is 1.87 bits per heavy atom.